The van der Waals surface area contributed by atoms with Crippen molar-refractivity contribution in [2.75, 3.05) is 18.5 Å². The van der Waals surface area contributed by atoms with Crippen LogP contribution in [-0.4, -0.2) is 13.6 Å². The molecule has 0 radical (unpaired) electrons. The standard InChI is InChI=1S/C9H8F2N2/c1-13(5-4-12)9-3-2-7(10)6-8(9)11/h2-3,6H,5H2,1H3. The molecule has 0 saturated carbocycles. The Balaban J connectivity index is 2.96. The average molecular weight is 182 g/mol. The van der Waals surface area contributed by atoms with Crippen molar-refractivity contribution in [3.63, 3.8) is 0 Å². The summed E-state index contributed by atoms with van der Waals surface area (Å²) < 4.78 is 25.5. The smallest absolute Gasteiger partial charge is 0.149 e. The Labute approximate surface area is 75.0 Å². The fourth-order valence-corrected chi connectivity index (χ4v) is 0.982. The third kappa shape index (κ3) is 2.15. The third-order valence-corrected chi connectivity index (χ3v) is 1.63. The molecule has 0 amide bonds. The zero-order valence-electron chi connectivity index (χ0n) is 7.09. The lowest BCUT2D eigenvalue weighted by Crippen LogP contribution is -2.18. The van der Waals surface area contributed by atoms with E-state index >= 15 is 0 Å². The van der Waals surface area contributed by atoms with Crippen molar-refractivity contribution in [1.82, 2.24) is 0 Å². The van der Waals surface area contributed by atoms with Crippen molar-refractivity contribution in [3.05, 3.63) is 29.8 Å². The SMILES string of the molecule is CN(CC#N)c1ccc(F)cc1F. The second-order valence-electron chi connectivity index (χ2n) is 2.61. The molecule has 1 aromatic rings. The molecule has 2 nitrogen and oxygen atoms in total. The maximum atomic E-state index is 13.0. The average Bonchev–Trinajstić information content (AvgIpc) is 2.04. The van der Waals surface area contributed by atoms with Gasteiger partial charge in [-0.2, -0.15) is 5.26 Å². The van der Waals surface area contributed by atoms with Crippen LogP contribution in [-0.2, 0) is 0 Å². The van der Waals surface area contributed by atoms with Crippen molar-refractivity contribution < 1.29 is 8.78 Å². The first-order chi connectivity index (χ1) is 6.15. The van der Waals surface area contributed by atoms with Crippen molar-refractivity contribution in [2.45, 2.75) is 0 Å². The van der Waals surface area contributed by atoms with E-state index < -0.39 is 11.6 Å². The van der Waals surface area contributed by atoms with E-state index in [2.05, 4.69) is 0 Å². The molecule has 0 spiro atoms. The number of hydrogen-bond acceptors (Lipinski definition) is 2. The third-order valence-electron chi connectivity index (χ3n) is 1.63. The van der Waals surface area contributed by atoms with Gasteiger partial charge in [0.15, 0.2) is 0 Å². The summed E-state index contributed by atoms with van der Waals surface area (Å²) in [5.74, 6) is -1.27. The molecule has 1 rings (SSSR count). The molecule has 0 aromatic heterocycles. The molecule has 4 heteroatoms. The van der Waals surface area contributed by atoms with Gasteiger partial charge >= 0.3 is 0 Å². The Hall–Kier alpha value is -1.63. The topological polar surface area (TPSA) is 27.0 Å². The van der Waals surface area contributed by atoms with Crippen LogP contribution in [0.2, 0.25) is 0 Å². The van der Waals surface area contributed by atoms with Gasteiger partial charge in [0.2, 0.25) is 0 Å². The van der Waals surface area contributed by atoms with Gasteiger partial charge in [0.1, 0.15) is 18.2 Å². The van der Waals surface area contributed by atoms with Crippen LogP contribution in [0.25, 0.3) is 0 Å². The summed E-state index contributed by atoms with van der Waals surface area (Å²) in [6, 6.07) is 5.13. The molecule has 0 unspecified atom stereocenters. The fraction of sp³-hybridized carbons (Fsp3) is 0.222. The molecule has 0 atom stereocenters. The van der Waals surface area contributed by atoms with Crippen LogP contribution < -0.4 is 4.90 Å². The molecule has 0 bridgehead atoms. The van der Waals surface area contributed by atoms with Crippen LogP contribution in [0.3, 0.4) is 0 Å². The number of hydrogen-bond donors (Lipinski definition) is 0. The molecular weight excluding hydrogens is 174 g/mol. The molecule has 0 N–H and O–H groups in total. The van der Waals surface area contributed by atoms with Crippen molar-refractivity contribution in [2.24, 2.45) is 0 Å². The molecular formula is C9H8F2N2. The van der Waals surface area contributed by atoms with Crippen LogP contribution >= 0.6 is 0 Å². The predicted octanol–water partition coefficient (Wildman–Crippen LogP) is 1.92. The van der Waals surface area contributed by atoms with Gasteiger partial charge in [-0.3, -0.25) is 0 Å². The van der Waals surface area contributed by atoms with E-state index in [1.165, 1.54) is 11.0 Å². The Morgan fingerprint density at radius 1 is 1.46 bits per heavy atom. The summed E-state index contributed by atoms with van der Waals surface area (Å²) in [5, 5.41) is 8.36. The minimum Gasteiger partial charge on any atom is -0.359 e. The lowest BCUT2D eigenvalue weighted by Gasteiger charge is -2.15. The maximum absolute atomic E-state index is 13.0. The van der Waals surface area contributed by atoms with E-state index in [1.54, 1.807) is 7.05 Å². The second-order valence-corrected chi connectivity index (χ2v) is 2.61. The Kier molecular flexibility index (Phi) is 2.80. The Morgan fingerprint density at radius 2 is 2.15 bits per heavy atom. The van der Waals surface area contributed by atoms with Crippen molar-refractivity contribution >= 4 is 5.69 Å². The number of halogens is 2. The first-order valence-corrected chi connectivity index (χ1v) is 3.68. The molecule has 0 saturated heterocycles. The summed E-state index contributed by atoms with van der Waals surface area (Å²) >= 11 is 0. The first-order valence-electron chi connectivity index (χ1n) is 3.68. The quantitative estimate of drug-likeness (QED) is 0.653. The lowest BCUT2D eigenvalue weighted by molar-refractivity contribution is 0.582. The van der Waals surface area contributed by atoms with E-state index in [1.807, 2.05) is 6.07 Å². The van der Waals surface area contributed by atoms with Crippen LogP contribution in [0.5, 0.6) is 0 Å². The molecule has 0 fully saturated rings. The highest BCUT2D eigenvalue weighted by atomic mass is 19.1. The number of rotatable bonds is 2. The summed E-state index contributed by atoms with van der Waals surface area (Å²) in [7, 11) is 1.57. The fourth-order valence-electron chi connectivity index (χ4n) is 0.982. The minimum atomic E-state index is -0.655. The molecule has 13 heavy (non-hydrogen) atoms. The summed E-state index contributed by atoms with van der Waals surface area (Å²) in [4.78, 5) is 1.41. The van der Waals surface area contributed by atoms with Gasteiger partial charge in [0.25, 0.3) is 0 Å². The van der Waals surface area contributed by atoms with E-state index in [0.29, 0.717) is 0 Å². The lowest BCUT2D eigenvalue weighted by atomic mass is 10.3. The molecule has 1 aromatic carbocycles. The van der Waals surface area contributed by atoms with Gasteiger partial charge in [0.05, 0.1) is 11.8 Å². The number of nitriles is 1. The van der Waals surface area contributed by atoms with Crippen molar-refractivity contribution in [1.29, 1.82) is 5.26 Å². The van der Waals surface area contributed by atoms with Gasteiger partial charge in [-0.25, -0.2) is 8.78 Å². The maximum Gasteiger partial charge on any atom is 0.149 e. The van der Waals surface area contributed by atoms with Crippen LogP contribution in [0.1, 0.15) is 0 Å². The first kappa shape index (κ1) is 9.46. The van der Waals surface area contributed by atoms with Crippen LogP contribution in [0.4, 0.5) is 14.5 Å². The van der Waals surface area contributed by atoms with E-state index in [9.17, 15) is 8.78 Å². The molecule has 68 valence electrons. The predicted molar refractivity (Wildman–Crippen MR) is 45.2 cm³/mol. The zero-order valence-corrected chi connectivity index (χ0v) is 7.09. The van der Waals surface area contributed by atoms with E-state index in [4.69, 9.17) is 5.26 Å². The van der Waals surface area contributed by atoms with E-state index in [0.717, 1.165) is 12.1 Å². The number of benzene rings is 1. The Morgan fingerprint density at radius 3 is 2.69 bits per heavy atom. The molecule has 0 aliphatic rings. The normalized spacial score (nSPS) is 9.38. The highest BCUT2D eigenvalue weighted by molar-refractivity contribution is 5.47. The van der Waals surface area contributed by atoms with Gasteiger partial charge < -0.3 is 4.90 Å². The highest BCUT2D eigenvalue weighted by Crippen LogP contribution is 2.18. The van der Waals surface area contributed by atoms with E-state index in [-0.39, 0.29) is 12.2 Å². The summed E-state index contributed by atoms with van der Waals surface area (Å²) in [6.45, 7) is 0.0720. The molecule has 0 aliphatic heterocycles. The van der Waals surface area contributed by atoms with Crippen molar-refractivity contribution in [3.8, 4) is 6.07 Å². The summed E-state index contributed by atoms with van der Waals surface area (Å²) in [6.07, 6.45) is 0. The molecule has 0 aliphatic carbocycles. The highest BCUT2D eigenvalue weighted by Gasteiger charge is 2.07. The Bertz CT molecular complexity index is 344. The number of anilines is 1. The monoisotopic (exact) mass is 182 g/mol. The number of nitrogens with zero attached hydrogens (tertiary/aromatic N) is 2. The van der Waals surface area contributed by atoms with Gasteiger partial charge in [-0.15, -0.1) is 0 Å². The van der Waals surface area contributed by atoms with Gasteiger partial charge in [0, 0.05) is 13.1 Å². The largest absolute Gasteiger partial charge is 0.359 e. The zero-order chi connectivity index (χ0) is 9.84. The minimum absolute atomic E-state index is 0.0720. The summed E-state index contributed by atoms with van der Waals surface area (Å²) in [5.41, 5.74) is 0.225. The van der Waals surface area contributed by atoms with Crippen LogP contribution in [0, 0.1) is 23.0 Å². The second kappa shape index (κ2) is 3.85. The van der Waals surface area contributed by atoms with Gasteiger partial charge in [-0.05, 0) is 12.1 Å². The molecule has 0 heterocycles. The van der Waals surface area contributed by atoms with Crippen LogP contribution in [0.15, 0.2) is 18.2 Å². The van der Waals surface area contributed by atoms with Gasteiger partial charge in [-0.1, -0.05) is 0 Å².